The summed E-state index contributed by atoms with van der Waals surface area (Å²) in [7, 11) is -1.81. The molecule has 0 fully saturated rings. The van der Waals surface area contributed by atoms with Crippen molar-refractivity contribution in [3.8, 4) is 0 Å². The molecule has 5 nitrogen and oxygen atoms in total. The topological polar surface area (TPSA) is 54.0 Å². The molecule has 1 atom stereocenters. The van der Waals surface area contributed by atoms with Crippen LogP contribution in [0.2, 0.25) is 0 Å². The summed E-state index contributed by atoms with van der Waals surface area (Å²) in [5.74, 6) is 0. The maximum atomic E-state index is 12.9. The summed E-state index contributed by atoms with van der Waals surface area (Å²) in [6, 6.07) is 0. The van der Waals surface area contributed by atoms with Crippen molar-refractivity contribution in [1.82, 2.24) is 0 Å². The highest BCUT2D eigenvalue weighted by Gasteiger charge is 2.41. The highest BCUT2D eigenvalue weighted by molar-refractivity contribution is 7.69. The molecule has 0 bridgehead atoms. The molecule has 3 radical (unpaired) electrons. The molecule has 0 aromatic rings. The average Bonchev–Trinajstić information content (AvgIpc) is 2.54. The Balaban J connectivity index is 0. The van der Waals surface area contributed by atoms with Crippen LogP contribution >= 0.6 is 16.0 Å². The van der Waals surface area contributed by atoms with Crippen LogP contribution in [0.25, 0.3) is 0 Å². The summed E-state index contributed by atoms with van der Waals surface area (Å²) in [6.45, 7) is 11.1. The standard InChI is InChI=1S/C17H34O5P2.B/c1-8-21-23(22-9-2)17(24(18,19-6)20-7)14-13-16(5)12-10-11-15(3)4;/h11,13,17H,8-10,12,14H2,1-7H3;/b16-13+;. The molecule has 0 aromatic heterocycles. The van der Waals surface area contributed by atoms with Crippen LogP contribution in [-0.2, 0) is 22.7 Å². The van der Waals surface area contributed by atoms with Gasteiger partial charge in [-0.05, 0) is 53.9 Å². The first-order valence-electron chi connectivity index (χ1n) is 8.39. The van der Waals surface area contributed by atoms with Gasteiger partial charge in [0.2, 0.25) is 0 Å². The summed E-state index contributed by atoms with van der Waals surface area (Å²) in [5, 5.41) is -0.430. The predicted octanol–water partition coefficient (Wildman–Crippen LogP) is 5.89. The lowest BCUT2D eigenvalue weighted by atomic mass is 10.1. The largest absolute Gasteiger partial charge is 0.342 e. The van der Waals surface area contributed by atoms with Crippen LogP contribution in [0.4, 0.5) is 0 Å². The summed E-state index contributed by atoms with van der Waals surface area (Å²) in [6.07, 6.45) is 6.85. The Hall–Kier alpha value is 0.0449. The summed E-state index contributed by atoms with van der Waals surface area (Å²) < 4.78 is 34.8. The molecular weight excluding hydrogens is 357 g/mol. The van der Waals surface area contributed by atoms with Gasteiger partial charge in [-0.1, -0.05) is 23.3 Å². The van der Waals surface area contributed by atoms with E-state index in [1.54, 1.807) is 0 Å². The van der Waals surface area contributed by atoms with E-state index in [1.165, 1.54) is 25.4 Å². The van der Waals surface area contributed by atoms with Gasteiger partial charge in [0, 0.05) is 22.6 Å². The molecule has 8 heteroatoms. The Bertz CT molecular complexity index is 436. The maximum absolute atomic E-state index is 12.9. The van der Waals surface area contributed by atoms with E-state index in [1.807, 2.05) is 13.8 Å². The van der Waals surface area contributed by atoms with E-state index in [2.05, 4.69) is 32.9 Å². The first kappa shape index (κ1) is 27.3. The molecule has 0 aliphatic heterocycles. The molecule has 0 N–H and O–H groups in total. The predicted molar refractivity (Wildman–Crippen MR) is 108 cm³/mol. The SMILES string of the molecule is CCOP(OCC)C(C/C=C(\C)CCC=C(C)C)P(=O)(OC)OC.[B]. The van der Waals surface area contributed by atoms with Gasteiger partial charge in [0.1, 0.15) is 5.40 Å². The second kappa shape index (κ2) is 15.1. The molecule has 0 rings (SSSR count). The van der Waals surface area contributed by atoms with Gasteiger partial charge in [0.15, 0.2) is 8.38 Å². The molecular formula is C17H34BO5P2. The van der Waals surface area contributed by atoms with Crippen molar-refractivity contribution in [1.29, 1.82) is 0 Å². The zero-order chi connectivity index (χ0) is 18.6. The van der Waals surface area contributed by atoms with Crippen molar-refractivity contribution in [2.45, 2.75) is 59.3 Å². The average molecular weight is 391 g/mol. The first-order valence-corrected chi connectivity index (χ1v) is 11.3. The fourth-order valence-electron chi connectivity index (χ4n) is 2.11. The van der Waals surface area contributed by atoms with Crippen LogP contribution in [0.1, 0.15) is 53.9 Å². The molecule has 0 aromatic carbocycles. The molecule has 1 unspecified atom stereocenters. The van der Waals surface area contributed by atoms with E-state index in [0.717, 1.165) is 12.8 Å². The second-order valence-corrected chi connectivity index (χ2v) is 10.2. The summed E-state index contributed by atoms with van der Waals surface area (Å²) in [4.78, 5) is 0. The Morgan fingerprint density at radius 2 is 1.56 bits per heavy atom. The molecule has 0 amide bonds. The van der Waals surface area contributed by atoms with E-state index in [-0.39, 0.29) is 8.41 Å². The van der Waals surface area contributed by atoms with Crippen molar-refractivity contribution in [3.05, 3.63) is 23.3 Å². The van der Waals surface area contributed by atoms with Crippen LogP contribution < -0.4 is 0 Å². The zero-order valence-electron chi connectivity index (χ0n) is 16.8. The molecule has 145 valence electrons. The third-order valence-corrected chi connectivity index (χ3v) is 8.49. The molecule has 25 heavy (non-hydrogen) atoms. The van der Waals surface area contributed by atoms with Gasteiger partial charge < -0.3 is 18.1 Å². The number of hydrogen-bond acceptors (Lipinski definition) is 5. The normalized spacial score (nSPS) is 13.5. The maximum Gasteiger partial charge on any atom is 0.342 e. The highest BCUT2D eigenvalue weighted by atomic mass is 31.2. The minimum absolute atomic E-state index is 0. The van der Waals surface area contributed by atoms with Gasteiger partial charge in [0.25, 0.3) is 0 Å². The van der Waals surface area contributed by atoms with Gasteiger partial charge in [-0.25, -0.2) is 0 Å². The van der Waals surface area contributed by atoms with Gasteiger partial charge in [0.05, 0.1) is 13.2 Å². The molecule has 0 saturated heterocycles. The summed E-state index contributed by atoms with van der Waals surface area (Å²) >= 11 is 0. The molecule has 0 aliphatic carbocycles. The van der Waals surface area contributed by atoms with E-state index in [4.69, 9.17) is 18.1 Å². The Morgan fingerprint density at radius 1 is 1.04 bits per heavy atom. The Morgan fingerprint density at radius 3 is 1.96 bits per heavy atom. The minimum atomic E-state index is -3.28. The smallest absolute Gasteiger partial charge is 0.334 e. The lowest BCUT2D eigenvalue weighted by Crippen LogP contribution is -2.12. The molecule has 0 spiro atoms. The fraction of sp³-hybridized carbons (Fsp3) is 0.765. The third kappa shape index (κ3) is 10.7. The van der Waals surface area contributed by atoms with Crippen LogP contribution in [0.3, 0.4) is 0 Å². The number of allylic oxidation sites excluding steroid dienone is 4. The lowest BCUT2D eigenvalue weighted by molar-refractivity contribution is 0.248. The van der Waals surface area contributed by atoms with Crippen LogP contribution in [-0.4, -0.2) is 41.2 Å². The van der Waals surface area contributed by atoms with E-state index < -0.39 is 21.4 Å². The first-order chi connectivity index (χ1) is 11.3. The fourth-order valence-corrected chi connectivity index (χ4v) is 6.20. The summed E-state index contributed by atoms with van der Waals surface area (Å²) in [5.41, 5.74) is 2.57. The quantitative estimate of drug-likeness (QED) is 0.223. The van der Waals surface area contributed by atoms with Crippen molar-refractivity contribution < 1.29 is 22.7 Å². The number of hydrogen-bond donors (Lipinski definition) is 0. The van der Waals surface area contributed by atoms with Gasteiger partial charge in [-0.15, -0.1) is 0 Å². The third-order valence-electron chi connectivity index (χ3n) is 3.40. The van der Waals surface area contributed by atoms with Gasteiger partial charge >= 0.3 is 7.60 Å². The second-order valence-electron chi connectivity index (χ2n) is 5.61. The van der Waals surface area contributed by atoms with Crippen LogP contribution in [0.15, 0.2) is 23.3 Å². The van der Waals surface area contributed by atoms with Crippen molar-refractivity contribution in [2.24, 2.45) is 0 Å². The Labute approximate surface area is 157 Å². The molecule has 0 aliphatic rings. The molecule has 0 saturated carbocycles. The van der Waals surface area contributed by atoms with Crippen molar-refractivity contribution in [2.75, 3.05) is 27.4 Å². The molecule has 0 heterocycles. The van der Waals surface area contributed by atoms with E-state index in [9.17, 15) is 4.57 Å². The minimum Gasteiger partial charge on any atom is -0.334 e. The van der Waals surface area contributed by atoms with Crippen molar-refractivity contribution >= 4 is 24.4 Å². The monoisotopic (exact) mass is 391 g/mol. The van der Waals surface area contributed by atoms with Crippen LogP contribution in [0, 0.1) is 0 Å². The zero-order valence-corrected chi connectivity index (χ0v) is 18.6. The van der Waals surface area contributed by atoms with E-state index >= 15 is 0 Å². The lowest BCUT2D eigenvalue weighted by Gasteiger charge is -2.29. The van der Waals surface area contributed by atoms with Crippen molar-refractivity contribution in [3.63, 3.8) is 0 Å². The van der Waals surface area contributed by atoms with E-state index in [0.29, 0.717) is 19.6 Å². The van der Waals surface area contributed by atoms with Gasteiger partial charge in [-0.2, -0.15) is 0 Å². The number of rotatable bonds is 13. The van der Waals surface area contributed by atoms with Crippen LogP contribution in [0.5, 0.6) is 0 Å². The van der Waals surface area contributed by atoms with Gasteiger partial charge in [-0.3, -0.25) is 4.57 Å². The highest BCUT2D eigenvalue weighted by Crippen LogP contribution is 2.66. The Kier molecular flexibility index (Phi) is 16.5.